The molecule has 2 aromatic rings. The predicted molar refractivity (Wildman–Crippen MR) is 116 cm³/mol. The number of amides is 1. The smallest absolute Gasteiger partial charge is 0.238 e. The number of benzene rings is 2. The summed E-state index contributed by atoms with van der Waals surface area (Å²) in [7, 11) is 1.62. The molecule has 3 rings (SSSR count). The molecule has 30 heavy (non-hydrogen) atoms. The van der Waals surface area contributed by atoms with E-state index in [2.05, 4.69) is 10.6 Å². The van der Waals surface area contributed by atoms with E-state index in [-0.39, 0.29) is 11.7 Å². The first-order chi connectivity index (χ1) is 14.4. The van der Waals surface area contributed by atoms with E-state index < -0.39 is 17.7 Å². The van der Waals surface area contributed by atoms with Crippen LogP contribution in [0.3, 0.4) is 0 Å². The van der Waals surface area contributed by atoms with E-state index in [1.54, 1.807) is 14.0 Å². The van der Waals surface area contributed by atoms with Gasteiger partial charge >= 0.3 is 0 Å². The van der Waals surface area contributed by atoms with E-state index in [4.69, 9.17) is 9.47 Å². The predicted octanol–water partition coefficient (Wildman–Crippen LogP) is 2.30. The molecule has 2 N–H and O–H groups in total. The molecule has 0 spiro atoms. The maximum atomic E-state index is 13.1. The molecule has 1 fully saturated rings. The van der Waals surface area contributed by atoms with Crippen LogP contribution >= 0.6 is 0 Å². The van der Waals surface area contributed by atoms with Crippen LogP contribution in [-0.4, -0.2) is 49.6 Å². The first-order valence-corrected chi connectivity index (χ1v) is 10.3. The van der Waals surface area contributed by atoms with Crippen molar-refractivity contribution in [2.24, 2.45) is 0 Å². The van der Waals surface area contributed by atoms with Crippen molar-refractivity contribution in [3.8, 4) is 5.75 Å². The lowest BCUT2D eigenvalue weighted by molar-refractivity contribution is -0.131. The van der Waals surface area contributed by atoms with E-state index in [9.17, 15) is 9.59 Å². The molecule has 6 heteroatoms. The molecule has 1 heterocycles. The number of nitrogens with one attached hydrogen (secondary N) is 2. The van der Waals surface area contributed by atoms with Crippen molar-refractivity contribution in [2.75, 3.05) is 20.3 Å². The summed E-state index contributed by atoms with van der Waals surface area (Å²) >= 11 is 0. The van der Waals surface area contributed by atoms with E-state index in [1.807, 2.05) is 61.5 Å². The number of rotatable bonds is 11. The zero-order valence-electron chi connectivity index (χ0n) is 17.8. The van der Waals surface area contributed by atoms with Gasteiger partial charge in [0, 0.05) is 0 Å². The number of hydrogen-bond acceptors (Lipinski definition) is 5. The fraction of sp³-hybridized carbons (Fsp3) is 0.417. The fourth-order valence-corrected chi connectivity index (χ4v) is 3.45. The number of ether oxygens (including phenoxy) is 2. The molecular weight excluding hydrogens is 380 g/mol. The summed E-state index contributed by atoms with van der Waals surface area (Å²) in [5.41, 5.74) is 1.21. The van der Waals surface area contributed by atoms with E-state index in [0.717, 1.165) is 16.9 Å². The monoisotopic (exact) mass is 410 g/mol. The van der Waals surface area contributed by atoms with Crippen LogP contribution in [0.4, 0.5) is 0 Å². The molecule has 0 saturated carbocycles. The molecule has 0 bridgehead atoms. The van der Waals surface area contributed by atoms with Crippen molar-refractivity contribution < 1.29 is 19.1 Å². The van der Waals surface area contributed by atoms with Crippen molar-refractivity contribution in [3.63, 3.8) is 0 Å². The van der Waals surface area contributed by atoms with Crippen LogP contribution in [0.25, 0.3) is 0 Å². The topological polar surface area (TPSA) is 80.0 Å². The second-order valence-electron chi connectivity index (χ2n) is 7.80. The first-order valence-electron chi connectivity index (χ1n) is 10.3. The van der Waals surface area contributed by atoms with Gasteiger partial charge in [0.15, 0.2) is 5.78 Å². The van der Waals surface area contributed by atoms with E-state index >= 15 is 0 Å². The largest absolute Gasteiger partial charge is 0.497 e. The Morgan fingerprint density at radius 3 is 2.20 bits per heavy atom. The van der Waals surface area contributed by atoms with Crippen LogP contribution in [0.5, 0.6) is 5.75 Å². The van der Waals surface area contributed by atoms with Gasteiger partial charge < -0.3 is 20.1 Å². The molecule has 3 unspecified atom stereocenters. The highest BCUT2D eigenvalue weighted by molar-refractivity contribution is 5.97. The molecule has 3 atom stereocenters. The highest BCUT2D eigenvalue weighted by Gasteiger charge is 2.50. The molecule has 0 aromatic heterocycles. The van der Waals surface area contributed by atoms with Crippen LogP contribution in [0.1, 0.15) is 25.0 Å². The lowest BCUT2D eigenvalue weighted by Gasteiger charge is -2.24. The highest BCUT2D eigenvalue weighted by Crippen LogP contribution is 2.29. The van der Waals surface area contributed by atoms with Gasteiger partial charge in [-0.05, 0) is 49.6 Å². The summed E-state index contributed by atoms with van der Waals surface area (Å²) in [5, 5.41) is 6.22. The lowest BCUT2D eigenvalue weighted by Crippen LogP contribution is -2.53. The van der Waals surface area contributed by atoms with Gasteiger partial charge in [0.05, 0.1) is 25.8 Å². The Hall–Kier alpha value is -2.70. The first kappa shape index (κ1) is 22.0. The molecule has 1 saturated heterocycles. The summed E-state index contributed by atoms with van der Waals surface area (Å²) in [6.45, 7) is 4.78. The number of ketones is 1. The summed E-state index contributed by atoms with van der Waals surface area (Å²) in [5.74, 6) is 0.500. The van der Waals surface area contributed by atoms with E-state index in [0.29, 0.717) is 26.0 Å². The van der Waals surface area contributed by atoms with Gasteiger partial charge in [0.2, 0.25) is 5.91 Å². The maximum absolute atomic E-state index is 13.1. The third-order valence-corrected chi connectivity index (χ3v) is 5.38. The summed E-state index contributed by atoms with van der Waals surface area (Å²) in [6.07, 6.45) is 0.954. The second-order valence-corrected chi connectivity index (χ2v) is 7.80. The minimum atomic E-state index is -0.795. The Morgan fingerprint density at radius 1 is 1.03 bits per heavy atom. The van der Waals surface area contributed by atoms with Gasteiger partial charge in [-0.1, -0.05) is 49.4 Å². The Kier molecular flexibility index (Phi) is 7.24. The van der Waals surface area contributed by atoms with Crippen LogP contribution in [0, 0.1) is 0 Å². The number of carbonyl (C=O) groups is 2. The van der Waals surface area contributed by atoms with Crippen molar-refractivity contribution in [3.05, 3.63) is 65.7 Å². The van der Waals surface area contributed by atoms with Gasteiger partial charge in [0.1, 0.15) is 11.4 Å². The van der Waals surface area contributed by atoms with E-state index in [1.165, 1.54) is 0 Å². The summed E-state index contributed by atoms with van der Waals surface area (Å²) in [4.78, 5) is 26.1. The van der Waals surface area contributed by atoms with Crippen LogP contribution in [0.2, 0.25) is 0 Å². The summed E-state index contributed by atoms with van der Waals surface area (Å²) in [6, 6.07) is 16.3. The third kappa shape index (κ3) is 5.68. The van der Waals surface area contributed by atoms with Gasteiger partial charge in [-0.15, -0.1) is 0 Å². The van der Waals surface area contributed by atoms with Gasteiger partial charge in [-0.3, -0.25) is 9.59 Å². The SMILES string of the molecule is CCNC(Cc1ccc(OC)cc1)C(=O)NC(Cc1ccccc1)C(=O)C1(C)CO1. The zero-order valence-corrected chi connectivity index (χ0v) is 17.8. The second kappa shape index (κ2) is 9.87. The average Bonchev–Trinajstić information content (AvgIpc) is 3.52. The van der Waals surface area contributed by atoms with Crippen LogP contribution in [-0.2, 0) is 27.2 Å². The number of carbonyl (C=O) groups excluding carboxylic acids is 2. The number of hydrogen-bond donors (Lipinski definition) is 2. The molecule has 2 aromatic carbocycles. The summed E-state index contributed by atoms with van der Waals surface area (Å²) < 4.78 is 10.6. The van der Waals surface area contributed by atoms with Crippen molar-refractivity contribution in [1.82, 2.24) is 10.6 Å². The molecular formula is C24H30N2O4. The number of methoxy groups -OCH3 is 1. The van der Waals surface area contributed by atoms with Crippen LogP contribution < -0.4 is 15.4 Å². The molecule has 6 nitrogen and oxygen atoms in total. The van der Waals surface area contributed by atoms with Crippen molar-refractivity contribution in [2.45, 2.75) is 44.4 Å². The molecule has 1 aliphatic heterocycles. The van der Waals surface area contributed by atoms with Gasteiger partial charge in [0.25, 0.3) is 0 Å². The normalized spacial score (nSPS) is 19.6. The molecule has 0 aliphatic carbocycles. The molecule has 0 radical (unpaired) electrons. The highest BCUT2D eigenvalue weighted by atomic mass is 16.6. The lowest BCUT2D eigenvalue weighted by atomic mass is 9.94. The Morgan fingerprint density at radius 2 is 1.63 bits per heavy atom. The Labute approximate surface area is 178 Å². The minimum Gasteiger partial charge on any atom is -0.497 e. The minimum absolute atomic E-state index is 0.0839. The number of epoxide rings is 1. The molecule has 1 aliphatic rings. The quantitative estimate of drug-likeness (QED) is 0.556. The third-order valence-electron chi connectivity index (χ3n) is 5.38. The fourth-order valence-electron chi connectivity index (χ4n) is 3.45. The standard InChI is InChI=1S/C24H30N2O4/c1-4-25-21(15-18-10-12-19(29-3)13-11-18)23(28)26-20(22(27)24(2)16-30-24)14-17-8-6-5-7-9-17/h5-13,20-21,25H,4,14-16H2,1-3H3,(H,26,28). The van der Waals surface area contributed by atoms with Gasteiger partial charge in [-0.25, -0.2) is 0 Å². The number of Topliss-reactive ketones (excluding diaryl/α,β-unsaturated/α-hetero) is 1. The van der Waals surface area contributed by atoms with Crippen molar-refractivity contribution >= 4 is 11.7 Å². The Bertz CT molecular complexity index is 847. The van der Waals surface area contributed by atoms with Gasteiger partial charge in [-0.2, -0.15) is 0 Å². The maximum Gasteiger partial charge on any atom is 0.238 e. The Balaban J connectivity index is 1.72. The molecule has 160 valence electrons. The van der Waals surface area contributed by atoms with Crippen molar-refractivity contribution in [1.29, 1.82) is 0 Å². The van der Waals surface area contributed by atoms with Crippen LogP contribution in [0.15, 0.2) is 54.6 Å². The zero-order chi connectivity index (χ0) is 21.6. The average molecular weight is 411 g/mol. The molecule has 1 amide bonds. The number of likely N-dealkylation sites (N-methyl/N-ethyl adjacent to an activating group) is 1.